The maximum Gasteiger partial charge on any atom is 0.234 e. The molecule has 0 saturated heterocycles. The Hall–Kier alpha value is -0.910. The van der Waals surface area contributed by atoms with Crippen LogP contribution in [-0.4, -0.2) is 41.4 Å². The highest BCUT2D eigenvalue weighted by Gasteiger charge is 2.17. The van der Waals surface area contributed by atoms with Crippen molar-refractivity contribution in [3.63, 3.8) is 0 Å². The van der Waals surface area contributed by atoms with Gasteiger partial charge in [-0.25, -0.2) is 0 Å². The Morgan fingerprint density at radius 1 is 1.00 bits per heavy atom. The van der Waals surface area contributed by atoms with E-state index in [1.165, 1.54) is 64.2 Å². The van der Waals surface area contributed by atoms with E-state index in [1.54, 1.807) is 6.08 Å². The van der Waals surface area contributed by atoms with Gasteiger partial charge in [-0.2, -0.15) is 0 Å². The van der Waals surface area contributed by atoms with Crippen molar-refractivity contribution >= 4 is 5.91 Å². The maximum atomic E-state index is 11.2. The van der Waals surface area contributed by atoms with E-state index in [0.717, 1.165) is 12.8 Å². The molecule has 0 bridgehead atoms. The molecule has 0 fully saturated rings. The number of allylic oxidation sites excluding steroid dienone is 1. The van der Waals surface area contributed by atoms with Crippen molar-refractivity contribution < 1.29 is 15.0 Å². The molecule has 0 saturated carbocycles. The lowest BCUT2D eigenvalue weighted by atomic mass is 10.0. The zero-order chi connectivity index (χ0) is 18.8. The van der Waals surface area contributed by atoms with Crippen molar-refractivity contribution in [3.8, 4) is 0 Å². The SMILES string of the molecule is CCCCCCCCCCCCC/C=C/[C@@H](O)[C@H](CO)NC(=O)CN. The molecule has 2 atom stereocenters. The van der Waals surface area contributed by atoms with Crippen LogP contribution in [0.2, 0.25) is 0 Å². The smallest absolute Gasteiger partial charge is 0.234 e. The largest absolute Gasteiger partial charge is 0.394 e. The number of unbranched alkanes of at least 4 members (excludes halogenated alkanes) is 11. The number of amides is 1. The number of hydrogen-bond donors (Lipinski definition) is 4. The molecule has 0 aliphatic carbocycles. The summed E-state index contributed by atoms with van der Waals surface area (Å²) in [6.45, 7) is 1.79. The fourth-order valence-electron chi connectivity index (χ4n) is 2.80. The molecule has 0 unspecified atom stereocenters. The summed E-state index contributed by atoms with van der Waals surface area (Å²) in [7, 11) is 0. The van der Waals surface area contributed by atoms with Crippen molar-refractivity contribution in [2.24, 2.45) is 5.73 Å². The van der Waals surface area contributed by atoms with Crippen molar-refractivity contribution in [1.29, 1.82) is 0 Å². The van der Waals surface area contributed by atoms with E-state index < -0.39 is 12.1 Å². The average molecular weight is 357 g/mol. The third kappa shape index (κ3) is 15.1. The van der Waals surface area contributed by atoms with Gasteiger partial charge in [0.05, 0.1) is 25.3 Å². The molecule has 0 aromatic heterocycles. The third-order valence-electron chi connectivity index (χ3n) is 4.45. The summed E-state index contributed by atoms with van der Waals surface area (Å²) < 4.78 is 0. The minimum absolute atomic E-state index is 0.147. The van der Waals surface area contributed by atoms with Crippen molar-refractivity contribution in [2.45, 2.75) is 96.1 Å². The quantitative estimate of drug-likeness (QED) is 0.238. The van der Waals surface area contributed by atoms with Crippen molar-refractivity contribution in [1.82, 2.24) is 5.32 Å². The van der Waals surface area contributed by atoms with E-state index in [9.17, 15) is 15.0 Å². The molecular formula is C20H40N2O3. The second-order valence-electron chi connectivity index (χ2n) is 6.80. The first-order valence-corrected chi connectivity index (χ1v) is 10.1. The lowest BCUT2D eigenvalue weighted by molar-refractivity contribution is -0.121. The van der Waals surface area contributed by atoms with Gasteiger partial charge < -0.3 is 21.3 Å². The summed E-state index contributed by atoms with van der Waals surface area (Å²) in [6, 6.07) is -0.690. The Bertz CT molecular complexity index is 335. The van der Waals surface area contributed by atoms with E-state index in [-0.39, 0.29) is 19.1 Å². The highest BCUT2D eigenvalue weighted by atomic mass is 16.3. The number of hydrogen-bond acceptors (Lipinski definition) is 4. The molecular weight excluding hydrogens is 316 g/mol. The van der Waals surface area contributed by atoms with Crippen LogP contribution in [0.4, 0.5) is 0 Å². The molecule has 5 nitrogen and oxygen atoms in total. The van der Waals surface area contributed by atoms with E-state index in [4.69, 9.17) is 5.73 Å². The molecule has 1 amide bonds. The number of nitrogens with two attached hydrogens (primary N) is 1. The minimum atomic E-state index is -0.881. The molecule has 148 valence electrons. The molecule has 0 rings (SSSR count). The van der Waals surface area contributed by atoms with Crippen molar-refractivity contribution in [3.05, 3.63) is 12.2 Å². The Labute approximate surface area is 154 Å². The van der Waals surface area contributed by atoms with Gasteiger partial charge in [0.2, 0.25) is 5.91 Å². The number of nitrogens with one attached hydrogen (secondary N) is 1. The van der Waals surface area contributed by atoms with Crippen molar-refractivity contribution in [2.75, 3.05) is 13.2 Å². The molecule has 5 N–H and O–H groups in total. The first-order chi connectivity index (χ1) is 12.2. The molecule has 0 aliphatic heterocycles. The molecule has 5 heteroatoms. The van der Waals surface area contributed by atoms with Gasteiger partial charge in [0.25, 0.3) is 0 Å². The number of carbonyl (C=O) groups is 1. The van der Waals surface area contributed by atoms with Crippen LogP contribution in [0, 0.1) is 0 Å². The lowest BCUT2D eigenvalue weighted by Crippen LogP contribution is -2.47. The Morgan fingerprint density at radius 2 is 1.52 bits per heavy atom. The summed E-state index contributed by atoms with van der Waals surface area (Å²) in [5.74, 6) is -0.378. The molecule has 25 heavy (non-hydrogen) atoms. The van der Waals surface area contributed by atoms with E-state index in [2.05, 4.69) is 12.2 Å². The zero-order valence-corrected chi connectivity index (χ0v) is 16.1. The highest BCUT2D eigenvalue weighted by Crippen LogP contribution is 2.12. The minimum Gasteiger partial charge on any atom is -0.394 e. The van der Waals surface area contributed by atoms with E-state index in [1.807, 2.05) is 6.08 Å². The van der Waals surface area contributed by atoms with Crippen LogP contribution in [0.5, 0.6) is 0 Å². The van der Waals surface area contributed by atoms with Gasteiger partial charge in [0.15, 0.2) is 0 Å². The molecule has 0 radical (unpaired) electrons. The summed E-state index contributed by atoms with van der Waals surface area (Å²) >= 11 is 0. The molecule has 0 aromatic rings. The number of carbonyl (C=O) groups excluding carboxylic acids is 1. The molecule has 0 aromatic carbocycles. The predicted molar refractivity (Wildman–Crippen MR) is 104 cm³/mol. The summed E-state index contributed by atoms with van der Waals surface area (Å²) in [5, 5.41) is 21.6. The van der Waals surface area contributed by atoms with Crippen LogP contribution in [0.1, 0.15) is 84.0 Å². The second kappa shape index (κ2) is 17.9. The Balaban J connectivity index is 3.54. The normalized spacial score (nSPS) is 13.9. The van der Waals surface area contributed by atoms with Crippen LogP contribution < -0.4 is 11.1 Å². The topological polar surface area (TPSA) is 95.6 Å². The Morgan fingerprint density at radius 3 is 2.00 bits per heavy atom. The van der Waals surface area contributed by atoms with Gasteiger partial charge >= 0.3 is 0 Å². The summed E-state index contributed by atoms with van der Waals surface area (Å²) in [4.78, 5) is 11.2. The van der Waals surface area contributed by atoms with Gasteiger partial charge in [0, 0.05) is 0 Å². The fourth-order valence-corrected chi connectivity index (χ4v) is 2.80. The second-order valence-corrected chi connectivity index (χ2v) is 6.80. The highest BCUT2D eigenvalue weighted by molar-refractivity contribution is 5.78. The lowest BCUT2D eigenvalue weighted by Gasteiger charge is -2.19. The standard InChI is InChI=1S/C20H40N2O3/c1-2-3-4-5-6-7-8-9-10-11-12-13-14-15-19(24)18(17-23)22-20(25)16-21/h14-15,18-19,23-24H,2-13,16-17,21H2,1H3,(H,22,25)/b15-14+/t18-,19+/m0/s1. The molecule has 0 aliphatic rings. The van der Waals surface area contributed by atoms with Gasteiger partial charge in [0.1, 0.15) is 0 Å². The zero-order valence-electron chi connectivity index (χ0n) is 16.1. The average Bonchev–Trinajstić information content (AvgIpc) is 2.63. The monoisotopic (exact) mass is 356 g/mol. The first-order valence-electron chi connectivity index (χ1n) is 10.1. The van der Waals surface area contributed by atoms with Gasteiger partial charge in [-0.05, 0) is 12.8 Å². The van der Waals surface area contributed by atoms with Crippen LogP contribution in [0.25, 0.3) is 0 Å². The number of aliphatic hydroxyl groups excluding tert-OH is 2. The first kappa shape index (κ1) is 24.1. The molecule has 0 spiro atoms. The van der Waals surface area contributed by atoms with Gasteiger partial charge in [-0.3, -0.25) is 4.79 Å². The molecule has 0 heterocycles. The summed E-state index contributed by atoms with van der Waals surface area (Å²) in [5.41, 5.74) is 5.21. The van der Waals surface area contributed by atoms with Crippen LogP contribution in [-0.2, 0) is 4.79 Å². The fraction of sp³-hybridized carbons (Fsp3) is 0.850. The summed E-state index contributed by atoms with van der Waals surface area (Å²) in [6.07, 6.45) is 18.1. The number of aliphatic hydroxyl groups is 2. The van der Waals surface area contributed by atoms with E-state index in [0.29, 0.717) is 0 Å². The van der Waals surface area contributed by atoms with Crippen LogP contribution in [0.3, 0.4) is 0 Å². The Kier molecular flexibility index (Phi) is 17.2. The maximum absolute atomic E-state index is 11.2. The third-order valence-corrected chi connectivity index (χ3v) is 4.45. The number of rotatable bonds is 17. The predicted octanol–water partition coefficient (Wildman–Crippen LogP) is 3.04. The van der Waals surface area contributed by atoms with Gasteiger partial charge in [-0.1, -0.05) is 83.3 Å². The van der Waals surface area contributed by atoms with Crippen LogP contribution >= 0.6 is 0 Å². The van der Waals surface area contributed by atoms with Gasteiger partial charge in [-0.15, -0.1) is 0 Å². The van der Waals surface area contributed by atoms with Crippen LogP contribution in [0.15, 0.2) is 12.2 Å². The van der Waals surface area contributed by atoms with E-state index >= 15 is 0 Å².